The molecular formula is C9H12N6O2. The Bertz CT molecular complexity index is 505. The van der Waals surface area contributed by atoms with E-state index in [9.17, 15) is 4.79 Å². The number of carbonyl (C=O) groups is 1. The van der Waals surface area contributed by atoms with Crippen LogP contribution < -0.4 is 0 Å². The summed E-state index contributed by atoms with van der Waals surface area (Å²) in [5.74, 6) is -0.519. The van der Waals surface area contributed by atoms with Crippen molar-refractivity contribution in [1.29, 1.82) is 0 Å². The summed E-state index contributed by atoms with van der Waals surface area (Å²) in [6.07, 6.45) is 3.42. The minimum Gasteiger partial charge on any atom is -0.480 e. The van der Waals surface area contributed by atoms with Crippen LogP contribution in [0.1, 0.15) is 31.8 Å². The average molecular weight is 236 g/mol. The van der Waals surface area contributed by atoms with E-state index >= 15 is 0 Å². The van der Waals surface area contributed by atoms with Crippen LogP contribution in [-0.2, 0) is 4.79 Å². The van der Waals surface area contributed by atoms with E-state index in [0.717, 1.165) is 0 Å². The number of carboxylic acid groups (broad SMARTS) is 1. The monoisotopic (exact) mass is 236 g/mol. The van der Waals surface area contributed by atoms with Gasteiger partial charge in [0.2, 0.25) is 0 Å². The summed E-state index contributed by atoms with van der Waals surface area (Å²) < 4.78 is 2.95. The molecule has 0 bridgehead atoms. The predicted octanol–water partition coefficient (Wildman–Crippen LogP) is 0.124. The third-order valence-corrected chi connectivity index (χ3v) is 2.54. The number of tetrazole rings is 1. The first-order chi connectivity index (χ1) is 8.11. The summed E-state index contributed by atoms with van der Waals surface area (Å²) in [4.78, 5) is 10.9. The van der Waals surface area contributed by atoms with Crippen LogP contribution in [0.25, 0.3) is 0 Å². The van der Waals surface area contributed by atoms with E-state index in [-0.39, 0.29) is 6.04 Å². The first-order valence-electron chi connectivity index (χ1n) is 5.11. The Morgan fingerprint density at radius 3 is 2.82 bits per heavy atom. The second kappa shape index (κ2) is 4.32. The minimum atomic E-state index is -0.980. The number of aromatic nitrogens is 6. The first kappa shape index (κ1) is 11.2. The third kappa shape index (κ3) is 2.01. The second-order valence-corrected chi connectivity index (χ2v) is 3.66. The van der Waals surface area contributed by atoms with E-state index in [4.69, 9.17) is 5.11 Å². The van der Waals surface area contributed by atoms with Crippen LogP contribution in [0.3, 0.4) is 0 Å². The highest BCUT2D eigenvalue weighted by Crippen LogP contribution is 2.16. The maximum Gasteiger partial charge on any atom is 0.328 e. The minimum absolute atomic E-state index is 0.221. The predicted molar refractivity (Wildman–Crippen MR) is 56.2 cm³/mol. The molecule has 1 N–H and O–H groups in total. The molecule has 0 aromatic carbocycles. The van der Waals surface area contributed by atoms with E-state index in [1.54, 1.807) is 23.1 Å². The van der Waals surface area contributed by atoms with Crippen molar-refractivity contribution < 1.29 is 9.90 Å². The lowest BCUT2D eigenvalue weighted by Gasteiger charge is -2.14. The molecule has 0 aliphatic heterocycles. The summed E-state index contributed by atoms with van der Waals surface area (Å²) in [6.45, 7) is 3.38. The summed E-state index contributed by atoms with van der Waals surface area (Å²) in [6, 6.07) is 0.755. The van der Waals surface area contributed by atoms with Crippen LogP contribution in [0.5, 0.6) is 0 Å². The van der Waals surface area contributed by atoms with Gasteiger partial charge in [-0.15, -0.1) is 5.10 Å². The lowest BCUT2D eigenvalue weighted by atomic mass is 10.3. The molecule has 17 heavy (non-hydrogen) atoms. The summed E-state index contributed by atoms with van der Waals surface area (Å²) in [5.41, 5.74) is 0. The lowest BCUT2D eigenvalue weighted by Crippen LogP contribution is -2.22. The molecular weight excluding hydrogens is 224 g/mol. The largest absolute Gasteiger partial charge is 0.480 e. The molecule has 0 radical (unpaired) electrons. The van der Waals surface area contributed by atoms with E-state index in [0.29, 0.717) is 5.82 Å². The number of carboxylic acids is 1. The summed E-state index contributed by atoms with van der Waals surface area (Å²) in [7, 11) is 0. The van der Waals surface area contributed by atoms with Crippen molar-refractivity contribution in [2.75, 3.05) is 0 Å². The van der Waals surface area contributed by atoms with E-state index in [1.165, 1.54) is 11.6 Å². The number of nitrogens with zero attached hydrogens (tertiary/aromatic N) is 6. The van der Waals surface area contributed by atoms with Crippen LogP contribution >= 0.6 is 0 Å². The zero-order valence-electron chi connectivity index (χ0n) is 9.43. The second-order valence-electron chi connectivity index (χ2n) is 3.66. The molecule has 0 amide bonds. The Morgan fingerprint density at radius 2 is 2.24 bits per heavy atom. The van der Waals surface area contributed by atoms with Gasteiger partial charge in [0.25, 0.3) is 0 Å². The van der Waals surface area contributed by atoms with Crippen molar-refractivity contribution in [2.24, 2.45) is 0 Å². The number of hydrogen-bond donors (Lipinski definition) is 1. The van der Waals surface area contributed by atoms with Gasteiger partial charge in [-0.25, -0.2) is 9.48 Å². The quantitative estimate of drug-likeness (QED) is 0.809. The number of rotatable bonds is 4. The zero-order valence-corrected chi connectivity index (χ0v) is 9.43. The van der Waals surface area contributed by atoms with Crippen LogP contribution in [0, 0.1) is 0 Å². The molecule has 90 valence electrons. The van der Waals surface area contributed by atoms with Gasteiger partial charge in [-0.1, -0.05) is 0 Å². The smallest absolute Gasteiger partial charge is 0.328 e. The van der Waals surface area contributed by atoms with Gasteiger partial charge in [-0.2, -0.15) is 5.10 Å². The molecule has 0 aliphatic carbocycles. The Balaban J connectivity index is 2.34. The van der Waals surface area contributed by atoms with Crippen LogP contribution in [0.15, 0.2) is 18.5 Å². The highest BCUT2D eigenvalue weighted by molar-refractivity contribution is 5.71. The summed E-state index contributed by atoms with van der Waals surface area (Å²) in [5, 5.41) is 24.1. The van der Waals surface area contributed by atoms with Gasteiger partial charge in [-0.3, -0.25) is 4.68 Å². The van der Waals surface area contributed by atoms with Crippen molar-refractivity contribution in [3.8, 4) is 0 Å². The fourth-order valence-electron chi connectivity index (χ4n) is 1.48. The molecule has 2 aromatic heterocycles. The topological polar surface area (TPSA) is 98.7 Å². The molecule has 2 aromatic rings. The molecule has 2 atom stereocenters. The number of hydrogen-bond acceptors (Lipinski definition) is 5. The van der Waals surface area contributed by atoms with Gasteiger partial charge in [0, 0.05) is 12.4 Å². The third-order valence-electron chi connectivity index (χ3n) is 2.54. The summed E-state index contributed by atoms with van der Waals surface area (Å²) >= 11 is 0. The molecule has 2 rings (SSSR count). The highest BCUT2D eigenvalue weighted by atomic mass is 16.4. The maximum atomic E-state index is 10.9. The molecule has 0 spiro atoms. The molecule has 0 saturated heterocycles. The standard InChI is InChI=1S/C9H12N6O2/c1-6(14-5-3-4-10-14)8-11-12-13-15(8)7(2)9(16)17/h3-7H,1-2H3,(H,16,17). The van der Waals surface area contributed by atoms with E-state index in [1.807, 2.05) is 6.92 Å². The Kier molecular flexibility index (Phi) is 2.86. The van der Waals surface area contributed by atoms with Crippen molar-refractivity contribution in [1.82, 2.24) is 30.0 Å². The maximum absolute atomic E-state index is 10.9. The molecule has 0 aliphatic rings. The molecule has 8 heteroatoms. The molecule has 2 unspecified atom stereocenters. The van der Waals surface area contributed by atoms with Gasteiger partial charge in [0.05, 0.1) is 0 Å². The zero-order chi connectivity index (χ0) is 12.4. The number of aliphatic carboxylic acids is 1. The van der Waals surface area contributed by atoms with E-state index in [2.05, 4.69) is 20.6 Å². The van der Waals surface area contributed by atoms with Gasteiger partial charge >= 0.3 is 5.97 Å². The molecule has 8 nitrogen and oxygen atoms in total. The molecule has 2 heterocycles. The van der Waals surface area contributed by atoms with Crippen LogP contribution in [0.4, 0.5) is 0 Å². The Hall–Kier alpha value is -2.25. The van der Waals surface area contributed by atoms with Crippen LogP contribution in [-0.4, -0.2) is 41.1 Å². The van der Waals surface area contributed by atoms with Crippen LogP contribution in [0.2, 0.25) is 0 Å². The van der Waals surface area contributed by atoms with E-state index < -0.39 is 12.0 Å². The Labute approximate surface area is 96.9 Å². The van der Waals surface area contributed by atoms with Gasteiger partial charge in [0.15, 0.2) is 11.9 Å². The van der Waals surface area contributed by atoms with Crippen molar-refractivity contribution in [3.63, 3.8) is 0 Å². The molecule has 0 saturated carbocycles. The van der Waals surface area contributed by atoms with Gasteiger partial charge in [0.1, 0.15) is 6.04 Å². The SMILES string of the molecule is CC(c1nnnn1C(C)C(=O)O)n1cccn1. The van der Waals surface area contributed by atoms with Crippen molar-refractivity contribution in [3.05, 3.63) is 24.3 Å². The lowest BCUT2D eigenvalue weighted by molar-refractivity contribution is -0.140. The highest BCUT2D eigenvalue weighted by Gasteiger charge is 2.23. The van der Waals surface area contributed by atoms with Gasteiger partial charge in [-0.05, 0) is 30.3 Å². The average Bonchev–Trinajstić information content (AvgIpc) is 2.97. The van der Waals surface area contributed by atoms with Gasteiger partial charge < -0.3 is 5.11 Å². The van der Waals surface area contributed by atoms with Crippen molar-refractivity contribution >= 4 is 5.97 Å². The fraction of sp³-hybridized carbons (Fsp3) is 0.444. The van der Waals surface area contributed by atoms with Crippen molar-refractivity contribution in [2.45, 2.75) is 25.9 Å². The Morgan fingerprint density at radius 1 is 1.47 bits per heavy atom. The normalized spacial score (nSPS) is 14.5. The first-order valence-corrected chi connectivity index (χ1v) is 5.11. The molecule has 0 fully saturated rings. The fourth-order valence-corrected chi connectivity index (χ4v) is 1.48.